The number of carbonyl (C=O) groups excluding carboxylic acids is 3. The Labute approximate surface area is 222 Å². The largest absolute Gasteiger partial charge is 0.458 e. The third-order valence-corrected chi connectivity index (χ3v) is 5.75. The van der Waals surface area contributed by atoms with Crippen LogP contribution in [0.3, 0.4) is 0 Å². The molecular weight excluding hydrogens is 516 g/mol. The van der Waals surface area contributed by atoms with Crippen molar-refractivity contribution in [3.63, 3.8) is 0 Å². The van der Waals surface area contributed by atoms with Gasteiger partial charge in [0.1, 0.15) is 23.3 Å². The summed E-state index contributed by atoms with van der Waals surface area (Å²) in [5, 5.41) is 22.6. The lowest BCUT2D eigenvalue weighted by molar-refractivity contribution is -0.157. The number of aryl methyl sites for hydroxylation is 1. The molecule has 0 spiro atoms. The first-order valence-electron chi connectivity index (χ1n) is 11.5. The molecule has 1 aromatic heterocycles. The Bertz CT molecular complexity index is 1110. The van der Waals surface area contributed by atoms with Gasteiger partial charge in [-0.2, -0.15) is 0 Å². The molecule has 1 atom stereocenters. The van der Waals surface area contributed by atoms with E-state index in [9.17, 15) is 14.4 Å². The zero-order valence-electron chi connectivity index (χ0n) is 21.2. The number of benzene rings is 1. The number of hydrogen-bond donors (Lipinski definition) is 5. The summed E-state index contributed by atoms with van der Waals surface area (Å²) in [7, 11) is 0. The van der Waals surface area contributed by atoms with Crippen molar-refractivity contribution in [1.29, 1.82) is 16.6 Å². The Kier molecular flexibility index (Phi) is 11.0. The molecule has 0 aliphatic rings. The maximum Gasteiger partial charge on any atom is 0.408 e. The van der Waals surface area contributed by atoms with E-state index < -0.39 is 35.4 Å². The second-order valence-corrected chi connectivity index (χ2v) is 10.0. The van der Waals surface area contributed by atoms with Gasteiger partial charge in [0, 0.05) is 19.4 Å². The molecule has 5 N–H and O–H groups in total. The molecule has 1 heterocycles. The van der Waals surface area contributed by atoms with Crippen molar-refractivity contribution >= 4 is 29.3 Å². The molecule has 2 aromatic rings. The van der Waals surface area contributed by atoms with Gasteiger partial charge in [0.2, 0.25) is 5.01 Å². The van der Waals surface area contributed by atoms with Gasteiger partial charge in [-0.15, -0.1) is 25.5 Å². The first-order chi connectivity index (χ1) is 18.0. The number of esters is 1. The molecule has 38 heavy (non-hydrogen) atoms. The predicted molar refractivity (Wildman–Crippen MR) is 133 cm³/mol. The SMILES string of the molecule is CC(C)(C)OC(=O)[C@H](CNC(=O)c1nnc(CCCC(N=N)(N=N)N=N)s1)NC(=O)OCc1ccccc1. The van der Waals surface area contributed by atoms with Crippen LogP contribution in [0.4, 0.5) is 4.79 Å². The van der Waals surface area contributed by atoms with E-state index in [1.807, 2.05) is 6.07 Å². The van der Waals surface area contributed by atoms with Gasteiger partial charge in [-0.1, -0.05) is 41.7 Å². The Hall–Kier alpha value is -4.21. The van der Waals surface area contributed by atoms with Crippen LogP contribution in [0.5, 0.6) is 0 Å². The topological polar surface area (TPSA) is 228 Å². The average molecular weight is 547 g/mol. The van der Waals surface area contributed by atoms with E-state index in [-0.39, 0.29) is 24.6 Å². The first-order valence-corrected chi connectivity index (χ1v) is 12.3. The fraction of sp³-hybridized carbons (Fsp3) is 0.500. The van der Waals surface area contributed by atoms with E-state index in [0.717, 1.165) is 16.9 Å². The summed E-state index contributed by atoms with van der Waals surface area (Å²) in [6.07, 6.45) is -0.123. The number of nitrogens with one attached hydrogen (secondary N) is 5. The summed E-state index contributed by atoms with van der Waals surface area (Å²) in [5.74, 6) is -3.13. The molecule has 0 unspecified atom stereocenters. The molecule has 0 bridgehead atoms. The lowest BCUT2D eigenvalue weighted by atomic mass is 10.1. The standard InChI is InChI=1S/C22H30N10O5S/c1-21(2,3)37-19(34)15(27-20(35)36-13-14-8-5-4-6-9-14)12-26-17(33)18-29-28-16(38-18)10-7-11-22(30-23,31-24)32-25/h4-6,8-9,15,23-25H,7,10-13H2,1-3H3,(H,26,33)(H,27,35)/t15-,22?/m0/s1. The molecule has 2 rings (SSSR count). The van der Waals surface area contributed by atoms with Gasteiger partial charge in [-0.3, -0.25) is 4.79 Å². The molecular formula is C22H30N10O5S. The number of rotatable bonds is 14. The van der Waals surface area contributed by atoms with Crippen LogP contribution in [0, 0.1) is 16.6 Å². The van der Waals surface area contributed by atoms with Crippen molar-refractivity contribution in [2.75, 3.05) is 6.54 Å². The van der Waals surface area contributed by atoms with Gasteiger partial charge in [0.25, 0.3) is 11.7 Å². The zero-order chi connectivity index (χ0) is 28.2. The minimum atomic E-state index is -1.77. The van der Waals surface area contributed by atoms with E-state index >= 15 is 0 Å². The molecule has 0 aliphatic heterocycles. The zero-order valence-corrected chi connectivity index (χ0v) is 22.0. The number of aromatic nitrogens is 2. The molecule has 2 amide bonds. The van der Waals surface area contributed by atoms with Gasteiger partial charge in [0.05, 0.1) is 0 Å². The van der Waals surface area contributed by atoms with Gasteiger partial charge in [-0.25, -0.2) is 26.2 Å². The quantitative estimate of drug-likeness (QED) is 0.173. The van der Waals surface area contributed by atoms with E-state index in [2.05, 4.69) is 36.2 Å². The number of amides is 2. The second kappa shape index (κ2) is 13.9. The van der Waals surface area contributed by atoms with Gasteiger partial charge >= 0.3 is 12.1 Å². The smallest absolute Gasteiger partial charge is 0.408 e. The van der Waals surface area contributed by atoms with Crippen LogP contribution in [0.25, 0.3) is 0 Å². The maximum absolute atomic E-state index is 12.7. The normalized spacial score (nSPS) is 13.3. The van der Waals surface area contributed by atoms with Crippen LogP contribution in [0.2, 0.25) is 0 Å². The highest BCUT2D eigenvalue weighted by Gasteiger charge is 2.29. The molecule has 0 radical (unpaired) electrons. The van der Waals surface area contributed by atoms with E-state index in [4.69, 9.17) is 26.1 Å². The molecule has 0 aliphatic carbocycles. The number of ether oxygens (including phenoxy) is 2. The van der Waals surface area contributed by atoms with Gasteiger partial charge in [0.15, 0.2) is 0 Å². The number of alkyl carbamates (subject to hydrolysis) is 1. The van der Waals surface area contributed by atoms with E-state index in [1.54, 1.807) is 45.0 Å². The van der Waals surface area contributed by atoms with Crippen LogP contribution in [-0.2, 0) is 27.3 Å². The average Bonchev–Trinajstić information content (AvgIpc) is 3.36. The summed E-state index contributed by atoms with van der Waals surface area (Å²) in [5.41, 5.74) is 21.1. The number of nitrogens with zero attached hydrogens (tertiary/aromatic N) is 5. The summed E-state index contributed by atoms with van der Waals surface area (Å²) < 4.78 is 10.5. The Balaban J connectivity index is 1.95. The lowest BCUT2D eigenvalue weighted by Gasteiger charge is -2.24. The minimum Gasteiger partial charge on any atom is -0.458 e. The van der Waals surface area contributed by atoms with Gasteiger partial charge < -0.3 is 20.1 Å². The molecule has 0 fully saturated rings. The summed E-state index contributed by atoms with van der Waals surface area (Å²) in [6.45, 7) is 4.74. The van der Waals surface area contributed by atoms with Crippen LogP contribution in [0.1, 0.15) is 54.0 Å². The van der Waals surface area contributed by atoms with Crippen LogP contribution >= 0.6 is 11.3 Å². The van der Waals surface area contributed by atoms with Crippen LogP contribution in [0.15, 0.2) is 45.7 Å². The van der Waals surface area contributed by atoms with Crippen LogP contribution < -0.4 is 10.6 Å². The second-order valence-electron chi connectivity index (χ2n) is 8.97. The van der Waals surface area contributed by atoms with Crippen molar-refractivity contribution in [2.45, 2.75) is 64.1 Å². The van der Waals surface area contributed by atoms with E-state index in [0.29, 0.717) is 17.8 Å². The van der Waals surface area contributed by atoms with Gasteiger partial charge in [-0.05, 0) is 32.8 Å². The third kappa shape index (κ3) is 9.68. The summed E-state index contributed by atoms with van der Waals surface area (Å²) >= 11 is 1.01. The third-order valence-electron chi connectivity index (χ3n) is 4.76. The van der Waals surface area contributed by atoms with Crippen molar-refractivity contribution in [3.8, 4) is 0 Å². The van der Waals surface area contributed by atoms with Crippen LogP contribution in [-0.4, -0.2) is 52.1 Å². The summed E-state index contributed by atoms with van der Waals surface area (Å²) in [4.78, 5) is 37.6. The summed E-state index contributed by atoms with van der Waals surface area (Å²) in [6, 6.07) is 7.78. The van der Waals surface area contributed by atoms with Crippen molar-refractivity contribution in [2.24, 2.45) is 15.3 Å². The molecule has 0 saturated heterocycles. The highest BCUT2D eigenvalue weighted by molar-refractivity contribution is 7.13. The molecule has 16 heteroatoms. The fourth-order valence-electron chi connectivity index (χ4n) is 2.91. The number of carbonyl (C=O) groups is 3. The van der Waals surface area contributed by atoms with Crippen molar-refractivity contribution < 1.29 is 23.9 Å². The van der Waals surface area contributed by atoms with Crippen molar-refractivity contribution in [1.82, 2.24) is 20.8 Å². The molecule has 0 saturated carbocycles. The first kappa shape index (κ1) is 30.0. The highest BCUT2D eigenvalue weighted by Crippen LogP contribution is 2.23. The highest BCUT2D eigenvalue weighted by atomic mass is 32.1. The number of hydrogen-bond acceptors (Lipinski definition) is 14. The van der Waals surface area contributed by atoms with Crippen molar-refractivity contribution in [3.05, 3.63) is 45.9 Å². The predicted octanol–water partition coefficient (Wildman–Crippen LogP) is 3.97. The maximum atomic E-state index is 12.7. The fourth-order valence-corrected chi connectivity index (χ4v) is 3.71. The monoisotopic (exact) mass is 546 g/mol. The molecule has 1 aromatic carbocycles. The molecule has 204 valence electrons. The Morgan fingerprint density at radius 2 is 1.71 bits per heavy atom. The Morgan fingerprint density at radius 1 is 1.05 bits per heavy atom. The Morgan fingerprint density at radius 3 is 2.32 bits per heavy atom. The minimum absolute atomic E-state index is 0.00356. The lowest BCUT2D eigenvalue weighted by Crippen LogP contribution is -2.50. The molecule has 15 nitrogen and oxygen atoms in total. The van der Waals surface area contributed by atoms with E-state index in [1.165, 1.54) is 0 Å².